The number of H-pyrrole nitrogens is 1. The predicted molar refractivity (Wildman–Crippen MR) is 63.7 cm³/mol. The van der Waals surface area contributed by atoms with E-state index < -0.39 is 0 Å². The Balaban J connectivity index is 2.99. The van der Waals surface area contributed by atoms with Crippen LogP contribution in [0.3, 0.4) is 0 Å². The van der Waals surface area contributed by atoms with Gasteiger partial charge in [-0.05, 0) is 47.7 Å². The Morgan fingerprint density at radius 1 is 1.43 bits per heavy atom. The fourth-order valence-electron chi connectivity index (χ4n) is 1.35. The Kier molecular flexibility index (Phi) is 2.22. The van der Waals surface area contributed by atoms with E-state index in [4.69, 9.17) is 0 Å². The number of nitrogens with one attached hydrogen (secondary N) is 1. The first-order valence-corrected chi connectivity index (χ1v) is 5.18. The van der Waals surface area contributed by atoms with Gasteiger partial charge in [0.1, 0.15) is 5.75 Å². The van der Waals surface area contributed by atoms with Gasteiger partial charge in [0.25, 0.3) is 5.56 Å². The predicted octanol–water partition coefficient (Wildman–Crippen LogP) is 2.15. The average Bonchev–Trinajstić information content (AvgIpc) is 2.16. The Labute approximate surface area is 93.9 Å². The van der Waals surface area contributed by atoms with Crippen molar-refractivity contribution in [3.8, 4) is 5.75 Å². The van der Waals surface area contributed by atoms with Gasteiger partial charge in [0.2, 0.25) is 0 Å². The quantitative estimate of drug-likeness (QED) is 0.733. The largest absolute Gasteiger partial charge is 0.507 e. The van der Waals surface area contributed by atoms with Crippen LogP contribution in [0, 0.1) is 10.5 Å². The normalized spacial score (nSPS) is 10.7. The molecule has 4 heteroatoms. The molecule has 1 aromatic carbocycles. The highest BCUT2D eigenvalue weighted by Crippen LogP contribution is 2.25. The van der Waals surface area contributed by atoms with Gasteiger partial charge in [0, 0.05) is 8.96 Å². The molecular formula is C10H8INO2. The molecule has 1 heterocycles. The van der Waals surface area contributed by atoms with E-state index in [-0.39, 0.29) is 11.3 Å². The molecule has 2 aromatic rings. The molecule has 0 bridgehead atoms. The maximum atomic E-state index is 11.3. The van der Waals surface area contributed by atoms with Gasteiger partial charge in [0.05, 0.1) is 11.1 Å². The summed E-state index contributed by atoms with van der Waals surface area (Å²) in [4.78, 5) is 14.0. The number of fused-ring (bicyclic) bond motifs is 1. The third kappa shape index (κ3) is 1.39. The first-order valence-electron chi connectivity index (χ1n) is 4.10. The third-order valence-electron chi connectivity index (χ3n) is 2.18. The average molecular weight is 301 g/mol. The maximum Gasteiger partial charge on any atom is 0.255 e. The molecule has 0 aliphatic rings. The van der Waals surface area contributed by atoms with E-state index in [0.717, 1.165) is 3.57 Å². The maximum absolute atomic E-state index is 11.3. The van der Waals surface area contributed by atoms with Gasteiger partial charge >= 0.3 is 0 Å². The summed E-state index contributed by atoms with van der Waals surface area (Å²) in [6.07, 6.45) is 0. The van der Waals surface area contributed by atoms with Gasteiger partial charge in [-0.1, -0.05) is 0 Å². The fraction of sp³-hybridized carbons (Fsp3) is 0.100. The first-order chi connectivity index (χ1) is 6.59. The molecule has 0 saturated heterocycles. The topological polar surface area (TPSA) is 53.1 Å². The number of aromatic nitrogens is 1. The van der Waals surface area contributed by atoms with E-state index >= 15 is 0 Å². The number of benzene rings is 1. The summed E-state index contributed by atoms with van der Waals surface area (Å²) < 4.78 is 1.02. The molecule has 0 unspecified atom stereocenters. The van der Waals surface area contributed by atoms with Crippen molar-refractivity contribution in [3.63, 3.8) is 0 Å². The lowest BCUT2D eigenvalue weighted by molar-refractivity contribution is 0.476. The van der Waals surface area contributed by atoms with Gasteiger partial charge in [-0.25, -0.2) is 0 Å². The Morgan fingerprint density at radius 2 is 2.14 bits per heavy atom. The SMILES string of the molecule is Cc1c(O)c2cc(I)ccc2[nH]c1=O. The summed E-state index contributed by atoms with van der Waals surface area (Å²) in [5.74, 6) is 0.0715. The molecule has 0 aliphatic heterocycles. The van der Waals surface area contributed by atoms with E-state index in [0.29, 0.717) is 16.5 Å². The smallest absolute Gasteiger partial charge is 0.255 e. The molecule has 0 aliphatic carbocycles. The lowest BCUT2D eigenvalue weighted by Gasteiger charge is -2.03. The zero-order valence-electron chi connectivity index (χ0n) is 7.47. The van der Waals surface area contributed by atoms with Gasteiger partial charge in [-0.3, -0.25) is 4.79 Å². The molecule has 0 amide bonds. The molecule has 3 nitrogen and oxygen atoms in total. The van der Waals surface area contributed by atoms with Crippen molar-refractivity contribution in [2.75, 3.05) is 0 Å². The summed E-state index contributed by atoms with van der Waals surface area (Å²) in [5, 5.41) is 10.4. The van der Waals surface area contributed by atoms with Crippen molar-refractivity contribution in [1.82, 2.24) is 4.98 Å². The number of halogens is 1. The number of pyridine rings is 1. The second-order valence-electron chi connectivity index (χ2n) is 3.12. The molecule has 2 rings (SSSR count). The van der Waals surface area contributed by atoms with Crippen molar-refractivity contribution in [3.05, 3.63) is 37.7 Å². The molecule has 14 heavy (non-hydrogen) atoms. The minimum absolute atomic E-state index is 0.0715. The minimum Gasteiger partial charge on any atom is -0.507 e. The Hall–Kier alpha value is -1.04. The summed E-state index contributed by atoms with van der Waals surface area (Å²) >= 11 is 2.16. The molecule has 0 fully saturated rings. The second-order valence-corrected chi connectivity index (χ2v) is 4.36. The van der Waals surface area contributed by atoms with Crippen molar-refractivity contribution in [2.45, 2.75) is 6.92 Å². The van der Waals surface area contributed by atoms with Crippen LogP contribution < -0.4 is 5.56 Å². The monoisotopic (exact) mass is 301 g/mol. The zero-order chi connectivity index (χ0) is 10.3. The minimum atomic E-state index is -0.240. The van der Waals surface area contributed by atoms with Crippen LogP contribution in [0.4, 0.5) is 0 Å². The van der Waals surface area contributed by atoms with E-state index in [1.165, 1.54) is 0 Å². The van der Waals surface area contributed by atoms with Gasteiger partial charge in [0.15, 0.2) is 0 Å². The van der Waals surface area contributed by atoms with E-state index in [2.05, 4.69) is 27.6 Å². The van der Waals surface area contributed by atoms with Crippen molar-refractivity contribution >= 4 is 33.5 Å². The lowest BCUT2D eigenvalue weighted by Crippen LogP contribution is -2.09. The standard InChI is InChI=1S/C10H8INO2/c1-5-9(13)7-4-6(11)2-3-8(7)12-10(5)14/h2-4H,1H3,(H2,12,13,14). The fourth-order valence-corrected chi connectivity index (χ4v) is 1.84. The van der Waals surface area contributed by atoms with Crippen molar-refractivity contribution < 1.29 is 5.11 Å². The molecule has 0 atom stereocenters. The molecule has 1 aromatic heterocycles. The summed E-state index contributed by atoms with van der Waals surface area (Å²) in [5.41, 5.74) is 0.786. The van der Waals surface area contributed by atoms with Crippen molar-refractivity contribution in [2.24, 2.45) is 0 Å². The zero-order valence-corrected chi connectivity index (χ0v) is 9.62. The molecule has 0 saturated carbocycles. The van der Waals surface area contributed by atoms with Crippen LogP contribution in [-0.2, 0) is 0 Å². The lowest BCUT2D eigenvalue weighted by atomic mass is 10.1. The van der Waals surface area contributed by atoms with Gasteiger partial charge in [-0.15, -0.1) is 0 Å². The van der Waals surface area contributed by atoms with Crippen LogP contribution in [0.15, 0.2) is 23.0 Å². The van der Waals surface area contributed by atoms with Crippen LogP contribution in [-0.4, -0.2) is 10.1 Å². The Morgan fingerprint density at radius 3 is 2.86 bits per heavy atom. The van der Waals surface area contributed by atoms with Gasteiger partial charge < -0.3 is 10.1 Å². The number of aromatic amines is 1. The van der Waals surface area contributed by atoms with Crippen LogP contribution >= 0.6 is 22.6 Å². The number of aromatic hydroxyl groups is 1. The molecular weight excluding hydrogens is 293 g/mol. The van der Waals surface area contributed by atoms with E-state index in [9.17, 15) is 9.90 Å². The van der Waals surface area contributed by atoms with Crippen LogP contribution in [0.2, 0.25) is 0 Å². The highest BCUT2D eigenvalue weighted by atomic mass is 127. The number of hydrogen-bond acceptors (Lipinski definition) is 2. The van der Waals surface area contributed by atoms with Crippen molar-refractivity contribution in [1.29, 1.82) is 0 Å². The Bertz CT molecular complexity index is 560. The summed E-state index contributed by atoms with van der Waals surface area (Å²) in [6, 6.07) is 5.51. The van der Waals surface area contributed by atoms with E-state index in [1.54, 1.807) is 13.0 Å². The summed E-state index contributed by atoms with van der Waals surface area (Å²) in [7, 11) is 0. The van der Waals surface area contributed by atoms with E-state index in [1.807, 2.05) is 12.1 Å². The highest BCUT2D eigenvalue weighted by molar-refractivity contribution is 14.1. The van der Waals surface area contributed by atoms with Crippen LogP contribution in [0.5, 0.6) is 5.75 Å². The van der Waals surface area contributed by atoms with Gasteiger partial charge in [-0.2, -0.15) is 0 Å². The first kappa shape index (κ1) is 9.51. The van der Waals surface area contributed by atoms with Crippen LogP contribution in [0.25, 0.3) is 10.9 Å². The van der Waals surface area contributed by atoms with Crippen LogP contribution in [0.1, 0.15) is 5.56 Å². The second kappa shape index (κ2) is 3.27. The number of hydrogen-bond donors (Lipinski definition) is 2. The molecule has 72 valence electrons. The molecule has 0 spiro atoms. The molecule has 2 N–H and O–H groups in total. The summed E-state index contributed by atoms with van der Waals surface area (Å²) in [6.45, 7) is 1.60. The molecule has 0 radical (unpaired) electrons. The highest BCUT2D eigenvalue weighted by Gasteiger charge is 2.07. The third-order valence-corrected chi connectivity index (χ3v) is 2.85. The number of rotatable bonds is 0.